The Morgan fingerprint density at radius 2 is 1.45 bits per heavy atom. The van der Waals surface area contributed by atoms with Crippen LogP contribution in [0.4, 0.5) is 0 Å². The van der Waals surface area contributed by atoms with Gasteiger partial charge in [-0.2, -0.15) is 0 Å². The highest BCUT2D eigenvalue weighted by Crippen LogP contribution is 2.26. The highest BCUT2D eigenvalue weighted by molar-refractivity contribution is 6.40. The average Bonchev–Trinajstić information content (AvgIpc) is 2.55. The lowest BCUT2D eigenvalue weighted by molar-refractivity contribution is 0.488. The van der Waals surface area contributed by atoms with Crippen molar-refractivity contribution in [1.82, 2.24) is 0 Å². The number of rotatable bonds is 0. The first-order valence-corrected chi connectivity index (χ1v) is 6.69. The van der Waals surface area contributed by atoms with E-state index in [-0.39, 0.29) is 37.3 Å². The van der Waals surface area contributed by atoms with Gasteiger partial charge in [0.1, 0.15) is 0 Å². The molecule has 22 heavy (non-hydrogen) atoms. The van der Waals surface area contributed by atoms with Gasteiger partial charge in [0.15, 0.2) is 10.9 Å². The molecule has 4 aromatic carbocycles. The molecule has 0 aliphatic heterocycles. The fourth-order valence-electron chi connectivity index (χ4n) is 2.70. The Labute approximate surface area is 125 Å². The Morgan fingerprint density at radius 3 is 2.18 bits per heavy atom. The molecular formula is C16H5ClO5. The Balaban J connectivity index is 2.70. The van der Waals surface area contributed by atoms with Crippen molar-refractivity contribution in [2.75, 3.05) is 0 Å². The van der Waals surface area contributed by atoms with Crippen molar-refractivity contribution in [1.29, 1.82) is 0 Å². The standard InChI is InChI=1S/C16H5ClO5/c17-12-9-5-8-10(11(12)16(21)22-15(8)20)14(19)7-3-1-2-6(4-7)13(9)18/h1-5H. The highest BCUT2D eigenvalue weighted by Gasteiger charge is 2.19. The van der Waals surface area contributed by atoms with Crippen LogP contribution in [-0.2, 0) is 0 Å². The molecule has 0 aliphatic rings. The first-order chi connectivity index (χ1) is 10.5. The molecule has 5 rings (SSSR count). The van der Waals surface area contributed by atoms with Gasteiger partial charge in [0.2, 0.25) is 0 Å². The lowest BCUT2D eigenvalue weighted by Crippen LogP contribution is -2.17. The monoisotopic (exact) mass is 312 g/mol. The number of benzene rings is 2. The van der Waals surface area contributed by atoms with Crippen LogP contribution in [0.5, 0.6) is 0 Å². The maximum absolute atomic E-state index is 12.7. The van der Waals surface area contributed by atoms with E-state index in [1.165, 1.54) is 18.2 Å². The van der Waals surface area contributed by atoms with Crippen LogP contribution in [0.2, 0.25) is 5.02 Å². The van der Waals surface area contributed by atoms with Gasteiger partial charge >= 0.3 is 11.3 Å². The third-order valence-electron chi connectivity index (χ3n) is 3.73. The molecule has 1 heterocycles. The van der Waals surface area contributed by atoms with E-state index in [0.29, 0.717) is 0 Å². The summed E-state index contributed by atoms with van der Waals surface area (Å²) in [6.45, 7) is 0. The van der Waals surface area contributed by atoms with Gasteiger partial charge in [0.05, 0.1) is 21.2 Å². The van der Waals surface area contributed by atoms with Crippen molar-refractivity contribution in [3.8, 4) is 0 Å². The van der Waals surface area contributed by atoms with Gasteiger partial charge in [-0.15, -0.1) is 0 Å². The summed E-state index contributed by atoms with van der Waals surface area (Å²) in [5.74, 6) is 0. The number of hydrogen-bond acceptors (Lipinski definition) is 5. The second kappa shape index (κ2) is 4.11. The molecule has 0 amide bonds. The van der Waals surface area contributed by atoms with E-state index in [2.05, 4.69) is 4.42 Å². The van der Waals surface area contributed by atoms with Crippen molar-refractivity contribution in [2.24, 2.45) is 0 Å². The Morgan fingerprint density at radius 1 is 0.773 bits per heavy atom. The topological polar surface area (TPSA) is 81.4 Å². The average molecular weight is 313 g/mol. The van der Waals surface area contributed by atoms with Crippen molar-refractivity contribution in [3.05, 3.63) is 76.6 Å². The molecule has 0 atom stereocenters. The minimum absolute atomic E-state index is 0.00673. The van der Waals surface area contributed by atoms with E-state index in [9.17, 15) is 19.2 Å². The Bertz CT molecular complexity index is 1310. The molecule has 0 spiro atoms. The number of halogens is 1. The van der Waals surface area contributed by atoms with Crippen molar-refractivity contribution in [2.45, 2.75) is 0 Å². The Hall–Kier alpha value is -2.79. The maximum atomic E-state index is 12.7. The van der Waals surface area contributed by atoms with Gasteiger partial charge in [-0.05, 0) is 12.1 Å². The zero-order valence-corrected chi connectivity index (χ0v) is 11.6. The van der Waals surface area contributed by atoms with Gasteiger partial charge in [-0.1, -0.05) is 29.8 Å². The zero-order valence-electron chi connectivity index (χ0n) is 10.8. The third kappa shape index (κ3) is 1.48. The molecule has 5 nitrogen and oxygen atoms in total. The second-order valence-electron chi connectivity index (χ2n) is 4.95. The van der Waals surface area contributed by atoms with Crippen LogP contribution < -0.4 is 22.1 Å². The lowest BCUT2D eigenvalue weighted by Gasteiger charge is -2.01. The smallest absolute Gasteiger partial charge is 0.348 e. The van der Waals surface area contributed by atoms with Gasteiger partial charge in [-0.25, -0.2) is 9.59 Å². The van der Waals surface area contributed by atoms with Crippen LogP contribution in [-0.4, -0.2) is 0 Å². The van der Waals surface area contributed by atoms with E-state index in [1.54, 1.807) is 12.1 Å². The molecule has 6 heteroatoms. The molecule has 6 bridgehead atoms. The van der Waals surface area contributed by atoms with E-state index in [1.807, 2.05) is 0 Å². The van der Waals surface area contributed by atoms with Crippen LogP contribution in [0.25, 0.3) is 32.3 Å². The molecule has 0 fully saturated rings. The molecule has 0 saturated heterocycles. The summed E-state index contributed by atoms with van der Waals surface area (Å²) in [4.78, 5) is 49.1. The predicted octanol–water partition coefficient (Wildman–Crippen LogP) is 1.71. The molecule has 0 radical (unpaired) electrons. The third-order valence-corrected chi connectivity index (χ3v) is 4.12. The molecule has 1 aromatic heterocycles. The minimum atomic E-state index is -1.02. The van der Waals surface area contributed by atoms with E-state index in [0.717, 1.165) is 0 Å². The maximum Gasteiger partial charge on any atom is 0.348 e. The fourth-order valence-corrected chi connectivity index (χ4v) is 3.02. The quantitative estimate of drug-likeness (QED) is 0.494. The summed E-state index contributed by atoms with van der Waals surface area (Å²) in [5, 5.41) is -0.145. The highest BCUT2D eigenvalue weighted by atomic mass is 35.5. The summed E-state index contributed by atoms with van der Waals surface area (Å²) < 4.78 is 4.57. The minimum Gasteiger partial charge on any atom is -0.386 e. The molecular weight excluding hydrogens is 308 g/mol. The summed E-state index contributed by atoms with van der Waals surface area (Å²) in [7, 11) is 0. The SMILES string of the molecule is O=c1c2cccc(c2)c(=O)c2c3cc1c(Cl)c2c(=O)oc3=O. The molecule has 0 aliphatic carbocycles. The molecule has 106 valence electrons. The molecule has 0 unspecified atom stereocenters. The van der Waals surface area contributed by atoms with Gasteiger partial charge in [-0.3, -0.25) is 9.59 Å². The van der Waals surface area contributed by atoms with Crippen LogP contribution >= 0.6 is 11.6 Å². The van der Waals surface area contributed by atoms with E-state index < -0.39 is 22.1 Å². The largest absolute Gasteiger partial charge is 0.386 e. The summed E-state index contributed by atoms with van der Waals surface area (Å²) in [5.41, 5.74) is -2.98. The second-order valence-corrected chi connectivity index (χ2v) is 5.33. The molecule has 5 aromatic rings. The summed E-state index contributed by atoms with van der Waals surface area (Å²) in [6.07, 6.45) is 0. The Kier molecular flexibility index (Phi) is 2.41. The predicted molar refractivity (Wildman–Crippen MR) is 83.7 cm³/mol. The van der Waals surface area contributed by atoms with E-state index in [4.69, 9.17) is 11.6 Å². The summed E-state index contributed by atoms with van der Waals surface area (Å²) >= 11 is 6.14. The van der Waals surface area contributed by atoms with Gasteiger partial charge in [0.25, 0.3) is 0 Å². The van der Waals surface area contributed by atoms with Crippen molar-refractivity contribution in [3.63, 3.8) is 0 Å². The van der Waals surface area contributed by atoms with Crippen molar-refractivity contribution >= 4 is 43.9 Å². The first-order valence-electron chi connectivity index (χ1n) is 6.31. The van der Waals surface area contributed by atoms with E-state index >= 15 is 0 Å². The first kappa shape index (κ1) is 12.9. The number of hydrogen-bond donors (Lipinski definition) is 0. The van der Waals surface area contributed by atoms with Crippen LogP contribution in [0.3, 0.4) is 0 Å². The van der Waals surface area contributed by atoms with Crippen LogP contribution in [0, 0.1) is 0 Å². The van der Waals surface area contributed by atoms with Crippen LogP contribution in [0.1, 0.15) is 0 Å². The van der Waals surface area contributed by atoms with Gasteiger partial charge in [0, 0.05) is 16.2 Å². The molecule has 0 saturated carbocycles. The fraction of sp³-hybridized carbons (Fsp3) is 0. The normalized spacial score (nSPS) is 11.7. The molecule has 0 N–H and O–H groups in total. The summed E-state index contributed by atoms with van der Waals surface area (Å²) in [6, 6.07) is 7.25. The van der Waals surface area contributed by atoms with Crippen molar-refractivity contribution < 1.29 is 4.42 Å². The lowest BCUT2D eigenvalue weighted by atomic mass is 10.1. The zero-order chi connectivity index (χ0) is 15.6. The van der Waals surface area contributed by atoms with Crippen LogP contribution in [0.15, 0.2) is 53.9 Å². The van der Waals surface area contributed by atoms with Gasteiger partial charge < -0.3 is 4.42 Å².